The van der Waals surface area contributed by atoms with Crippen molar-refractivity contribution in [1.29, 1.82) is 0 Å². The van der Waals surface area contributed by atoms with Crippen LogP contribution in [0.3, 0.4) is 0 Å². The van der Waals surface area contributed by atoms with Gasteiger partial charge in [-0.15, -0.1) is 11.3 Å². The second-order valence-corrected chi connectivity index (χ2v) is 7.07. The van der Waals surface area contributed by atoms with E-state index in [0.717, 1.165) is 26.2 Å². The van der Waals surface area contributed by atoms with E-state index in [0.29, 0.717) is 6.04 Å². The van der Waals surface area contributed by atoms with Gasteiger partial charge in [0.1, 0.15) is 0 Å². The lowest BCUT2D eigenvalue weighted by Crippen LogP contribution is -2.38. The SMILES string of the molecule is COCCN(Cc1csc(Br)c1)CC1CCCN1. The maximum atomic E-state index is 5.21. The highest BCUT2D eigenvalue weighted by Crippen LogP contribution is 2.22. The molecule has 1 aliphatic rings. The molecule has 0 aromatic carbocycles. The van der Waals surface area contributed by atoms with Gasteiger partial charge in [0.05, 0.1) is 10.4 Å². The minimum Gasteiger partial charge on any atom is -0.383 e. The molecule has 1 aliphatic heterocycles. The van der Waals surface area contributed by atoms with Crippen LogP contribution in [0.5, 0.6) is 0 Å². The van der Waals surface area contributed by atoms with Crippen LogP contribution in [0.25, 0.3) is 0 Å². The summed E-state index contributed by atoms with van der Waals surface area (Å²) < 4.78 is 6.42. The van der Waals surface area contributed by atoms with Crippen LogP contribution in [-0.4, -0.2) is 44.3 Å². The fourth-order valence-corrected chi connectivity index (χ4v) is 3.57. The van der Waals surface area contributed by atoms with E-state index < -0.39 is 0 Å². The van der Waals surface area contributed by atoms with Crippen molar-refractivity contribution >= 4 is 27.3 Å². The van der Waals surface area contributed by atoms with Crippen LogP contribution in [0.1, 0.15) is 18.4 Å². The molecule has 1 saturated heterocycles. The van der Waals surface area contributed by atoms with Crippen LogP contribution in [0, 0.1) is 0 Å². The predicted molar refractivity (Wildman–Crippen MR) is 80.2 cm³/mol. The topological polar surface area (TPSA) is 24.5 Å². The molecule has 18 heavy (non-hydrogen) atoms. The zero-order chi connectivity index (χ0) is 12.8. The third-order valence-electron chi connectivity index (χ3n) is 3.28. The lowest BCUT2D eigenvalue weighted by Gasteiger charge is -2.25. The van der Waals surface area contributed by atoms with Gasteiger partial charge >= 0.3 is 0 Å². The summed E-state index contributed by atoms with van der Waals surface area (Å²) in [7, 11) is 1.77. The summed E-state index contributed by atoms with van der Waals surface area (Å²) in [6, 6.07) is 2.87. The smallest absolute Gasteiger partial charge is 0.0701 e. The largest absolute Gasteiger partial charge is 0.383 e. The van der Waals surface area contributed by atoms with Crippen molar-refractivity contribution in [1.82, 2.24) is 10.2 Å². The van der Waals surface area contributed by atoms with E-state index in [-0.39, 0.29) is 0 Å². The van der Waals surface area contributed by atoms with Crippen LogP contribution in [0.2, 0.25) is 0 Å². The number of thiophene rings is 1. The molecule has 1 unspecified atom stereocenters. The number of ether oxygens (including phenoxy) is 1. The van der Waals surface area contributed by atoms with Gasteiger partial charge in [-0.05, 0) is 52.3 Å². The fourth-order valence-electron chi connectivity index (χ4n) is 2.37. The summed E-state index contributed by atoms with van der Waals surface area (Å²) in [5.41, 5.74) is 1.39. The summed E-state index contributed by atoms with van der Waals surface area (Å²) in [6.45, 7) is 5.12. The number of methoxy groups -OCH3 is 1. The van der Waals surface area contributed by atoms with E-state index in [4.69, 9.17) is 4.74 Å². The third kappa shape index (κ3) is 4.63. The van der Waals surface area contributed by atoms with Crippen molar-refractivity contribution in [3.63, 3.8) is 0 Å². The van der Waals surface area contributed by atoms with E-state index in [9.17, 15) is 0 Å². The van der Waals surface area contributed by atoms with Crippen molar-refractivity contribution in [3.8, 4) is 0 Å². The van der Waals surface area contributed by atoms with Crippen LogP contribution in [-0.2, 0) is 11.3 Å². The van der Waals surface area contributed by atoms with Gasteiger partial charge in [0.2, 0.25) is 0 Å². The van der Waals surface area contributed by atoms with Crippen LogP contribution in [0.4, 0.5) is 0 Å². The second-order valence-electron chi connectivity index (χ2n) is 4.78. The summed E-state index contributed by atoms with van der Waals surface area (Å²) >= 11 is 5.28. The summed E-state index contributed by atoms with van der Waals surface area (Å²) in [6.07, 6.45) is 2.61. The number of nitrogens with one attached hydrogen (secondary N) is 1. The standard InChI is InChI=1S/C13H21BrN2OS/c1-17-6-5-16(9-12-3-2-4-15-12)8-11-7-13(14)18-10-11/h7,10,12,15H,2-6,8-9H2,1H3. The molecular formula is C13H21BrN2OS. The average Bonchev–Trinajstić information content (AvgIpc) is 2.98. The van der Waals surface area contributed by atoms with Gasteiger partial charge in [-0.1, -0.05) is 0 Å². The molecule has 2 heterocycles. The van der Waals surface area contributed by atoms with Gasteiger partial charge in [0.15, 0.2) is 0 Å². The first-order valence-corrected chi connectivity index (χ1v) is 8.13. The van der Waals surface area contributed by atoms with Crippen molar-refractivity contribution in [3.05, 3.63) is 20.8 Å². The maximum absolute atomic E-state index is 5.21. The Morgan fingerprint density at radius 3 is 3.11 bits per heavy atom. The molecule has 102 valence electrons. The quantitative estimate of drug-likeness (QED) is 0.830. The average molecular weight is 333 g/mol. The number of halogens is 1. The zero-order valence-electron chi connectivity index (χ0n) is 10.8. The van der Waals surface area contributed by atoms with Crippen LogP contribution in [0.15, 0.2) is 15.2 Å². The molecule has 2 rings (SSSR count). The van der Waals surface area contributed by atoms with Crippen molar-refractivity contribution in [2.75, 3.05) is 33.4 Å². The Morgan fingerprint density at radius 2 is 2.50 bits per heavy atom. The minimum absolute atomic E-state index is 0.656. The molecule has 5 heteroatoms. The van der Waals surface area contributed by atoms with Crippen molar-refractivity contribution in [2.45, 2.75) is 25.4 Å². The first-order chi connectivity index (χ1) is 8.78. The lowest BCUT2D eigenvalue weighted by molar-refractivity contribution is 0.138. The Hall–Kier alpha value is 0.0600. The molecule has 0 amide bonds. The second kappa shape index (κ2) is 7.60. The van der Waals surface area contributed by atoms with Crippen LogP contribution < -0.4 is 5.32 Å². The Kier molecular flexibility index (Phi) is 6.11. The minimum atomic E-state index is 0.656. The normalized spacial score (nSPS) is 19.8. The van der Waals surface area contributed by atoms with Gasteiger partial charge in [0, 0.05) is 32.8 Å². The summed E-state index contributed by atoms with van der Waals surface area (Å²) in [5, 5.41) is 5.79. The summed E-state index contributed by atoms with van der Waals surface area (Å²) in [4.78, 5) is 2.49. The molecule has 0 spiro atoms. The number of hydrogen-bond donors (Lipinski definition) is 1. The van der Waals surface area contributed by atoms with E-state index in [1.807, 2.05) is 0 Å². The summed E-state index contributed by atoms with van der Waals surface area (Å²) in [5.74, 6) is 0. The van der Waals surface area contributed by atoms with Crippen molar-refractivity contribution in [2.24, 2.45) is 0 Å². The highest BCUT2D eigenvalue weighted by Gasteiger charge is 2.18. The van der Waals surface area contributed by atoms with E-state index >= 15 is 0 Å². The van der Waals surface area contributed by atoms with Gasteiger partial charge in [-0.25, -0.2) is 0 Å². The van der Waals surface area contributed by atoms with Gasteiger partial charge in [0.25, 0.3) is 0 Å². The fraction of sp³-hybridized carbons (Fsp3) is 0.692. The van der Waals surface area contributed by atoms with E-state index in [1.165, 1.54) is 28.7 Å². The molecule has 0 radical (unpaired) electrons. The van der Waals surface area contributed by atoms with Gasteiger partial charge in [-0.2, -0.15) is 0 Å². The zero-order valence-corrected chi connectivity index (χ0v) is 13.2. The highest BCUT2D eigenvalue weighted by atomic mass is 79.9. The first-order valence-electron chi connectivity index (χ1n) is 6.45. The van der Waals surface area contributed by atoms with Gasteiger partial charge in [-0.3, -0.25) is 4.90 Å². The van der Waals surface area contributed by atoms with E-state index in [1.54, 1.807) is 18.4 Å². The third-order valence-corrected chi connectivity index (χ3v) is 4.83. The first kappa shape index (κ1) is 14.5. The molecule has 0 saturated carbocycles. The highest BCUT2D eigenvalue weighted by molar-refractivity contribution is 9.11. The Balaban J connectivity index is 1.86. The molecule has 1 aromatic rings. The monoisotopic (exact) mass is 332 g/mol. The molecular weight excluding hydrogens is 312 g/mol. The number of rotatable bonds is 7. The molecule has 1 fully saturated rings. The van der Waals surface area contributed by atoms with Crippen molar-refractivity contribution < 1.29 is 4.74 Å². The van der Waals surface area contributed by atoms with E-state index in [2.05, 4.69) is 37.6 Å². The lowest BCUT2D eigenvalue weighted by atomic mass is 10.2. The maximum Gasteiger partial charge on any atom is 0.0701 e. The number of hydrogen-bond acceptors (Lipinski definition) is 4. The molecule has 0 bridgehead atoms. The molecule has 1 atom stereocenters. The van der Waals surface area contributed by atoms with Gasteiger partial charge < -0.3 is 10.1 Å². The number of nitrogens with zero attached hydrogens (tertiary/aromatic N) is 1. The molecule has 1 aromatic heterocycles. The Morgan fingerprint density at radius 1 is 1.61 bits per heavy atom. The Labute approximate surface area is 122 Å². The molecule has 3 nitrogen and oxygen atoms in total. The van der Waals surface area contributed by atoms with Crippen LogP contribution >= 0.6 is 27.3 Å². The predicted octanol–water partition coefficient (Wildman–Crippen LogP) is 2.71. The molecule has 1 N–H and O–H groups in total. The molecule has 0 aliphatic carbocycles. The Bertz CT molecular complexity index is 353.